The summed E-state index contributed by atoms with van der Waals surface area (Å²) in [6.07, 6.45) is 4.28. The first-order valence-electron chi connectivity index (χ1n) is 5.69. The Morgan fingerprint density at radius 2 is 2.40 bits per heavy atom. The summed E-state index contributed by atoms with van der Waals surface area (Å²) in [6, 6.07) is 2.20. The molecule has 1 aliphatic carbocycles. The van der Waals surface area contributed by atoms with Crippen molar-refractivity contribution >= 4 is 27.3 Å². The molecule has 15 heavy (non-hydrogen) atoms. The van der Waals surface area contributed by atoms with Crippen molar-refractivity contribution in [1.82, 2.24) is 5.32 Å². The SMILES string of the molecule is CC1CCCC1CNCc1cc(Br)cs1. The molecule has 1 aromatic heterocycles. The molecular formula is C12H18BrNS. The van der Waals surface area contributed by atoms with E-state index in [-0.39, 0.29) is 0 Å². The summed E-state index contributed by atoms with van der Waals surface area (Å²) in [5.41, 5.74) is 0. The number of rotatable bonds is 4. The van der Waals surface area contributed by atoms with E-state index >= 15 is 0 Å². The largest absolute Gasteiger partial charge is 0.312 e. The van der Waals surface area contributed by atoms with E-state index in [2.05, 4.69) is 39.6 Å². The molecular weight excluding hydrogens is 270 g/mol. The van der Waals surface area contributed by atoms with E-state index < -0.39 is 0 Å². The zero-order valence-corrected chi connectivity index (χ0v) is 11.5. The van der Waals surface area contributed by atoms with Crippen LogP contribution in [-0.4, -0.2) is 6.54 Å². The van der Waals surface area contributed by atoms with Crippen LogP contribution in [0, 0.1) is 11.8 Å². The molecule has 1 aromatic rings. The van der Waals surface area contributed by atoms with Crippen molar-refractivity contribution in [3.05, 3.63) is 20.8 Å². The molecule has 0 spiro atoms. The minimum Gasteiger partial charge on any atom is -0.312 e. The Kier molecular flexibility index (Phi) is 4.23. The average molecular weight is 288 g/mol. The molecule has 2 rings (SSSR count). The van der Waals surface area contributed by atoms with Crippen LogP contribution >= 0.6 is 27.3 Å². The summed E-state index contributed by atoms with van der Waals surface area (Å²) in [5.74, 6) is 1.83. The van der Waals surface area contributed by atoms with Crippen LogP contribution in [0.1, 0.15) is 31.1 Å². The second kappa shape index (κ2) is 5.46. The maximum Gasteiger partial charge on any atom is 0.0300 e. The predicted octanol–water partition coefficient (Wildman–Crippen LogP) is 4.04. The third kappa shape index (κ3) is 3.30. The van der Waals surface area contributed by atoms with Gasteiger partial charge < -0.3 is 5.32 Å². The van der Waals surface area contributed by atoms with Gasteiger partial charge in [-0.15, -0.1) is 11.3 Å². The van der Waals surface area contributed by atoms with Gasteiger partial charge >= 0.3 is 0 Å². The molecule has 3 heteroatoms. The molecule has 0 saturated heterocycles. The number of hydrogen-bond acceptors (Lipinski definition) is 2. The molecule has 1 saturated carbocycles. The molecule has 0 radical (unpaired) electrons. The van der Waals surface area contributed by atoms with Crippen LogP contribution in [-0.2, 0) is 6.54 Å². The van der Waals surface area contributed by atoms with Crippen LogP contribution < -0.4 is 5.32 Å². The lowest BCUT2D eigenvalue weighted by Crippen LogP contribution is -2.23. The third-order valence-electron chi connectivity index (χ3n) is 3.37. The van der Waals surface area contributed by atoms with Crippen molar-refractivity contribution < 1.29 is 0 Å². The summed E-state index contributed by atoms with van der Waals surface area (Å²) in [5, 5.41) is 5.72. The lowest BCUT2D eigenvalue weighted by Gasteiger charge is -2.15. The normalized spacial score (nSPS) is 26.0. The van der Waals surface area contributed by atoms with E-state index in [1.165, 1.54) is 35.2 Å². The van der Waals surface area contributed by atoms with E-state index in [1.807, 2.05) is 11.3 Å². The Bertz CT molecular complexity index is 310. The first kappa shape index (κ1) is 11.6. The summed E-state index contributed by atoms with van der Waals surface area (Å²) in [4.78, 5) is 1.42. The van der Waals surface area contributed by atoms with E-state index in [1.54, 1.807) is 0 Å². The van der Waals surface area contributed by atoms with Crippen molar-refractivity contribution in [1.29, 1.82) is 0 Å². The molecule has 0 aromatic carbocycles. The lowest BCUT2D eigenvalue weighted by molar-refractivity contribution is 0.392. The average Bonchev–Trinajstić information content (AvgIpc) is 2.77. The van der Waals surface area contributed by atoms with Gasteiger partial charge in [0.05, 0.1) is 0 Å². The fraction of sp³-hybridized carbons (Fsp3) is 0.667. The van der Waals surface area contributed by atoms with Gasteiger partial charge in [0, 0.05) is 21.3 Å². The number of halogens is 1. The molecule has 0 bridgehead atoms. The fourth-order valence-corrected chi connectivity index (χ4v) is 3.77. The van der Waals surface area contributed by atoms with Crippen molar-refractivity contribution in [2.24, 2.45) is 11.8 Å². The highest BCUT2D eigenvalue weighted by Crippen LogP contribution is 2.30. The van der Waals surface area contributed by atoms with Crippen LogP contribution in [0.4, 0.5) is 0 Å². The highest BCUT2D eigenvalue weighted by molar-refractivity contribution is 9.10. The number of hydrogen-bond donors (Lipinski definition) is 1. The summed E-state index contributed by atoms with van der Waals surface area (Å²) in [7, 11) is 0. The Hall–Kier alpha value is 0.140. The zero-order valence-electron chi connectivity index (χ0n) is 9.13. The molecule has 0 amide bonds. The number of thiophene rings is 1. The second-order valence-corrected chi connectivity index (χ2v) is 6.44. The summed E-state index contributed by atoms with van der Waals surface area (Å²) in [6.45, 7) is 4.61. The van der Waals surface area contributed by atoms with Gasteiger partial charge in [-0.05, 0) is 46.8 Å². The first-order chi connectivity index (χ1) is 7.25. The monoisotopic (exact) mass is 287 g/mol. The maximum atomic E-state index is 3.58. The molecule has 1 heterocycles. The van der Waals surface area contributed by atoms with E-state index in [0.29, 0.717) is 0 Å². The quantitative estimate of drug-likeness (QED) is 0.881. The van der Waals surface area contributed by atoms with E-state index in [4.69, 9.17) is 0 Å². The molecule has 84 valence electrons. The second-order valence-electron chi connectivity index (χ2n) is 4.53. The van der Waals surface area contributed by atoms with Crippen LogP contribution in [0.5, 0.6) is 0 Å². The lowest BCUT2D eigenvalue weighted by atomic mass is 9.98. The van der Waals surface area contributed by atoms with Gasteiger partial charge in [-0.2, -0.15) is 0 Å². The van der Waals surface area contributed by atoms with Gasteiger partial charge in [0.2, 0.25) is 0 Å². The van der Waals surface area contributed by atoms with Gasteiger partial charge in [0.25, 0.3) is 0 Å². The van der Waals surface area contributed by atoms with Crippen molar-refractivity contribution in [2.75, 3.05) is 6.54 Å². The highest BCUT2D eigenvalue weighted by atomic mass is 79.9. The van der Waals surface area contributed by atoms with Crippen molar-refractivity contribution in [2.45, 2.75) is 32.7 Å². The summed E-state index contributed by atoms with van der Waals surface area (Å²) >= 11 is 5.31. The van der Waals surface area contributed by atoms with Gasteiger partial charge in [-0.3, -0.25) is 0 Å². The van der Waals surface area contributed by atoms with Gasteiger partial charge in [-0.1, -0.05) is 19.8 Å². The minimum absolute atomic E-state index is 0.911. The minimum atomic E-state index is 0.911. The smallest absolute Gasteiger partial charge is 0.0300 e. The Morgan fingerprint density at radius 3 is 3.00 bits per heavy atom. The fourth-order valence-electron chi connectivity index (χ4n) is 2.35. The topological polar surface area (TPSA) is 12.0 Å². The first-order valence-corrected chi connectivity index (χ1v) is 7.36. The molecule has 1 nitrogen and oxygen atoms in total. The van der Waals surface area contributed by atoms with Gasteiger partial charge in [0.15, 0.2) is 0 Å². The molecule has 1 N–H and O–H groups in total. The van der Waals surface area contributed by atoms with Crippen LogP contribution in [0.3, 0.4) is 0 Å². The van der Waals surface area contributed by atoms with Gasteiger partial charge in [-0.25, -0.2) is 0 Å². The molecule has 1 aliphatic rings. The van der Waals surface area contributed by atoms with Crippen molar-refractivity contribution in [3.63, 3.8) is 0 Å². The number of nitrogens with one attached hydrogen (secondary N) is 1. The highest BCUT2D eigenvalue weighted by Gasteiger charge is 2.22. The van der Waals surface area contributed by atoms with Crippen LogP contribution in [0.15, 0.2) is 15.9 Å². The molecule has 0 aliphatic heterocycles. The molecule has 2 unspecified atom stereocenters. The predicted molar refractivity (Wildman–Crippen MR) is 70.2 cm³/mol. The Morgan fingerprint density at radius 1 is 1.53 bits per heavy atom. The van der Waals surface area contributed by atoms with E-state index in [9.17, 15) is 0 Å². The van der Waals surface area contributed by atoms with Crippen LogP contribution in [0.25, 0.3) is 0 Å². The maximum absolute atomic E-state index is 3.58. The van der Waals surface area contributed by atoms with Gasteiger partial charge in [0.1, 0.15) is 0 Å². The standard InChI is InChI=1S/C12H18BrNS/c1-9-3-2-4-10(9)6-14-7-12-5-11(13)8-15-12/h5,8-10,14H,2-4,6-7H2,1H3. The van der Waals surface area contributed by atoms with Crippen molar-refractivity contribution in [3.8, 4) is 0 Å². The summed E-state index contributed by atoms with van der Waals surface area (Å²) < 4.78 is 1.21. The third-order valence-corrected chi connectivity index (χ3v) is 5.06. The van der Waals surface area contributed by atoms with E-state index in [0.717, 1.165) is 18.4 Å². The Balaban J connectivity index is 1.70. The van der Waals surface area contributed by atoms with Crippen LogP contribution in [0.2, 0.25) is 0 Å². The molecule has 2 atom stereocenters. The zero-order chi connectivity index (χ0) is 10.7. The Labute approximate surface area is 104 Å². The molecule has 1 fully saturated rings.